The van der Waals surface area contributed by atoms with E-state index in [-0.39, 0.29) is 12.4 Å². The van der Waals surface area contributed by atoms with E-state index in [9.17, 15) is 0 Å². The summed E-state index contributed by atoms with van der Waals surface area (Å²) in [5.41, 5.74) is 9.95. The van der Waals surface area contributed by atoms with E-state index in [1.54, 1.807) is 0 Å². The van der Waals surface area contributed by atoms with E-state index in [2.05, 4.69) is 16.4 Å². The quantitative estimate of drug-likeness (QED) is 0.537. The molecule has 1 aliphatic carbocycles. The molecule has 1 heterocycles. The maximum absolute atomic E-state index is 3.37. The first kappa shape index (κ1) is 10.3. The largest absolute Gasteiger partial charge is 0.244 e. The maximum atomic E-state index is 3.37. The van der Waals surface area contributed by atoms with Gasteiger partial charge in [-0.3, -0.25) is 0 Å². The van der Waals surface area contributed by atoms with Gasteiger partial charge in [-0.15, -0.1) is 12.4 Å². The molecule has 3 nitrogen and oxygen atoms in total. The summed E-state index contributed by atoms with van der Waals surface area (Å²) in [4.78, 5) is 0. The Morgan fingerprint density at radius 1 is 0.917 bits per heavy atom. The topological polar surface area (TPSA) is 36.1 Å². The first-order valence-electron chi connectivity index (χ1n) is 4.66. The van der Waals surface area contributed by atoms with Crippen LogP contribution in [-0.4, -0.2) is 12.1 Å². The molecule has 0 bridgehead atoms. The Bertz CT molecular complexity index is 109. The van der Waals surface area contributed by atoms with Gasteiger partial charge in [-0.2, -0.15) is 5.53 Å². The fourth-order valence-electron chi connectivity index (χ4n) is 2.21. The zero-order valence-corrected chi connectivity index (χ0v) is 8.17. The summed E-state index contributed by atoms with van der Waals surface area (Å²) in [6.45, 7) is 1.10. The van der Waals surface area contributed by atoms with Crippen LogP contribution in [0, 0.1) is 0 Å². The van der Waals surface area contributed by atoms with Gasteiger partial charge in [0.2, 0.25) is 0 Å². The van der Waals surface area contributed by atoms with Crippen molar-refractivity contribution in [2.75, 3.05) is 6.54 Å². The number of hydrazine groups is 2. The lowest BCUT2D eigenvalue weighted by Gasteiger charge is -2.41. The minimum absolute atomic E-state index is 0. The van der Waals surface area contributed by atoms with Gasteiger partial charge in [0.1, 0.15) is 0 Å². The third-order valence-electron chi connectivity index (χ3n) is 2.96. The second-order valence-electron chi connectivity index (χ2n) is 3.77. The molecule has 2 rings (SSSR count). The first-order chi connectivity index (χ1) is 5.41. The van der Waals surface area contributed by atoms with Crippen LogP contribution in [0.1, 0.15) is 38.5 Å². The Balaban J connectivity index is 0.000000720. The number of rotatable bonds is 0. The Morgan fingerprint density at radius 3 is 2.25 bits per heavy atom. The molecule has 1 spiro atoms. The van der Waals surface area contributed by atoms with E-state index in [1.165, 1.54) is 38.5 Å². The Morgan fingerprint density at radius 2 is 1.67 bits per heavy atom. The summed E-state index contributed by atoms with van der Waals surface area (Å²) in [5, 5.41) is 0. The number of hydrogen-bond acceptors (Lipinski definition) is 3. The molecule has 0 radical (unpaired) electrons. The molecule has 2 fully saturated rings. The maximum Gasteiger partial charge on any atom is 0.0349 e. The average Bonchev–Trinajstić information content (AvgIpc) is 2.07. The van der Waals surface area contributed by atoms with Crippen molar-refractivity contribution in [3.63, 3.8) is 0 Å². The molecule has 12 heavy (non-hydrogen) atoms. The molecular weight excluding hydrogens is 174 g/mol. The van der Waals surface area contributed by atoms with Crippen molar-refractivity contribution in [2.45, 2.75) is 44.1 Å². The molecule has 1 aliphatic heterocycles. The van der Waals surface area contributed by atoms with Crippen LogP contribution >= 0.6 is 12.4 Å². The van der Waals surface area contributed by atoms with Crippen LogP contribution in [-0.2, 0) is 0 Å². The van der Waals surface area contributed by atoms with Crippen molar-refractivity contribution < 1.29 is 0 Å². The highest BCUT2D eigenvalue weighted by atomic mass is 35.5. The van der Waals surface area contributed by atoms with Gasteiger partial charge in [0.25, 0.3) is 0 Å². The highest BCUT2D eigenvalue weighted by molar-refractivity contribution is 5.85. The van der Waals surface area contributed by atoms with Crippen LogP contribution in [0.4, 0.5) is 0 Å². The van der Waals surface area contributed by atoms with Crippen molar-refractivity contribution >= 4 is 12.4 Å². The molecule has 1 saturated heterocycles. The molecule has 3 N–H and O–H groups in total. The van der Waals surface area contributed by atoms with Gasteiger partial charge in [-0.1, -0.05) is 19.3 Å². The normalized spacial score (nSPS) is 28.0. The molecule has 72 valence electrons. The summed E-state index contributed by atoms with van der Waals surface area (Å²) in [7, 11) is 0. The van der Waals surface area contributed by atoms with Crippen LogP contribution in [0.15, 0.2) is 0 Å². The summed E-state index contributed by atoms with van der Waals surface area (Å²) < 4.78 is 0. The van der Waals surface area contributed by atoms with E-state index in [0.717, 1.165) is 6.54 Å². The zero-order valence-electron chi connectivity index (χ0n) is 7.36. The number of nitrogens with one attached hydrogen (secondary N) is 3. The van der Waals surface area contributed by atoms with E-state index in [4.69, 9.17) is 0 Å². The van der Waals surface area contributed by atoms with E-state index >= 15 is 0 Å². The molecule has 1 saturated carbocycles. The van der Waals surface area contributed by atoms with Crippen LogP contribution < -0.4 is 16.4 Å². The van der Waals surface area contributed by atoms with E-state index < -0.39 is 0 Å². The predicted molar refractivity (Wildman–Crippen MR) is 52.0 cm³/mol. The highest BCUT2D eigenvalue weighted by Crippen LogP contribution is 2.30. The summed E-state index contributed by atoms with van der Waals surface area (Å²) in [6.07, 6.45) is 8.20. The smallest absolute Gasteiger partial charge is 0.0349 e. The van der Waals surface area contributed by atoms with Crippen molar-refractivity contribution in [3.05, 3.63) is 0 Å². The molecule has 0 aromatic heterocycles. The SMILES string of the molecule is C1CCC2(CC1)CCNNN2.Cl. The zero-order chi connectivity index (χ0) is 7.57. The molecule has 0 atom stereocenters. The van der Waals surface area contributed by atoms with Gasteiger partial charge >= 0.3 is 0 Å². The molecular formula is C8H18ClN3. The van der Waals surface area contributed by atoms with E-state index in [0.29, 0.717) is 5.54 Å². The van der Waals surface area contributed by atoms with Gasteiger partial charge in [0, 0.05) is 12.1 Å². The Labute approximate surface area is 80.0 Å². The first-order valence-corrected chi connectivity index (χ1v) is 4.66. The Kier molecular flexibility index (Phi) is 3.77. The average molecular weight is 192 g/mol. The van der Waals surface area contributed by atoms with Gasteiger partial charge in [-0.05, 0) is 19.3 Å². The molecule has 0 amide bonds. The second-order valence-corrected chi connectivity index (χ2v) is 3.77. The van der Waals surface area contributed by atoms with Crippen LogP contribution in [0.2, 0.25) is 0 Å². The van der Waals surface area contributed by atoms with Gasteiger partial charge in [0.05, 0.1) is 0 Å². The van der Waals surface area contributed by atoms with Gasteiger partial charge in [0.15, 0.2) is 0 Å². The van der Waals surface area contributed by atoms with Crippen LogP contribution in [0.5, 0.6) is 0 Å². The fraction of sp³-hybridized carbons (Fsp3) is 1.00. The lowest BCUT2D eigenvalue weighted by Crippen LogP contribution is -2.63. The molecule has 2 aliphatic rings. The minimum atomic E-state index is 0. The lowest BCUT2D eigenvalue weighted by molar-refractivity contribution is 0.137. The Hall–Kier alpha value is 0.170. The van der Waals surface area contributed by atoms with Crippen LogP contribution in [0.25, 0.3) is 0 Å². The highest BCUT2D eigenvalue weighted by Gasteiger charge is 2.32. The van der Waals surface area contributed by atoms with Crippen molar-refractivity contribution in [1.82, 2.24) is 16.4 Å². The van der Waals surface area contributed by atoms with Gasteiger partial charge < -0.3 is 0 Å². The van der Waals surface area contributed by atoms with Crippen LogP contribution in [0.3, 0.4) is 0 Å². The van der Waals surface area contributed by atoms with Gasteiger partial charge in [-0.25, -0.2) is 10.9 Å². The summed E-state index contributed by atoms with van der Waals surface area (Å²) in [5.74, 6) is 0. The standard InChI is InChI=1S/C8H17N3.ClH/c1-2-4-8(5-3-1)6-7-9-11-10-8;/h9-11H,1-7H2;1H. The van der Waals surface area contributed by atoms with Crippen molar-refractivity contribution in [1.29, 1.82) is 0 Å². The molecule has 4 heteroatoms. The number of halogens is 1. The minimum Gasteiger partial charge on any atom is -0.244 e. The third-order valence-corrected chi connectivity index (χ3v) is 2.96. The summed E-state index contributed by atoms with van der Waals surface area (Å²) in [6, 6.07) is 0. The molecule has 0 aromatic carbocycles. The summed E-state index contributed by atoms with van der Waals surface area (Å²) >= 11 is 0. The molecule has 0 aromatic rings. The number of hydrogen-bond donors (Lipinski definition) is 3. The molecule has 0 unspecified atom stereocenters. The second kappa shape index (κ2) is 4.42. The van der Waals surface area contributed by atoms with Crippen molar-refractivity contribution in [2.24, 2.45) is 0 Å². The van der Waals surface area contributed by atoms with Crippen molar-refractivity contribution in [3.8, 4) is 0 Å². The predicted octanol–water partition coefficient (Wildman–Crippen LogP) is 1.11. The third kappa shape index (κ3) is 2.10. The lowest BCUT2D eigenvalue weighted by atomic mass is 9.79. The fourth-order valence-corrected chi connectivity index (χ4v) is 2.21. The van der Waals surface area contributed by atoms with E-state index in [1.807, 2.05) is 0 Å². The monoisotopic (exact) mass is 191 g/mol.